The maximum absolute atomic E-state index is 6.84. The third-order valence-corrected chi connectivity index (χ3v) is 9.88. The predicted molar refractivity (Wildman–Crippen MR) is 189 cm³/mol. The lowest BCUT2D eigenvalue weighted by Crippen LogP contribution is -2.32. The van der Waals surface area contributed by atoms with Gasteiger partial charge < -0.3 is 14.4 Å². The topological polar surface area (TPSA) is 21.7 Å². The molecule has 0 amide bonds. The lowest BCUT2D eigenvalue weighted by molar-refractivity contribution is -0.188. The van der Waals surface area contributed by atoms with E-state index in [1.165, 1.54) is 154 Å². The number of ether oxygens (including phenoxy) is 2. The van der Waals surface area contributed by atoms with Crippen molar-refractivity contribution in [3.8, 4) is 0 Å². The highest BCUT2D eigenvalue weighted by Crippen LogP contribution is 2.40. The van der Waals surface area contributed by atoms with Gasteiger partial charge in [-0.05, 0) is 84.1 Å². The van der Waals surface area contributed by atoms with Crippen molar-refractivity contribution in [2.75, 3.05) is 20.1 Å². The van der Waals surface area contributed by atoms with E-state index in [1.807, 2.05) is 0 Å². The van der Waals surface area contributed by atoms with Crippen LogP contribution < -0.4 is 0 Å². The van der Waals surface area contributed by atoms with E-state index in [0.29, 0.717) is 12.2 Å². The van der Waals surface area contributed by atoms with E-state index >= 15 is 0 Å². The van der Waals surface area contributed by atoms with Crippen LogP contribution in [0.3, 0.4) is 0 Å². The maximum atomic E-state index is 6.84. The first kappa shape index (κ1) is 38.5. The molecule has 252 valence electrons. The van der Waals surface area contributed by atoms with Gasteiger partial charge in [-0.1, -0.05) is 128 Å². The van der Waals surface area contributed by atoms with Crippen molar-refractivity contribution in [2.45, 2.75) is 212 Å². The summed E-state index contributed by atoms with van der Waals surface area (Å²) in [7, 11) is 2.24. The summed E-state index contributed by atoms with van der Waals surface area (Å²) >= 11 is 0. The van der Waals surface area contributed by atoms with E-state index in [-0.39, 0.29) is 5.79 Å². The van der Waals surface area contributed by atoms with Crippen LogP contribution in [0, 0.1) is 0 Å². The zero-order valence-electron chi connectivity index (χ0n) is 29.4. The number of nitrogens with zero attached hydrogens (tertiary/aromatic N) is 1. The molecule has 1 unspecified atom stereocenters. The molecule has 3 heteroatoms. The largest absolute Gasteiger partial charge is 0.344 e. The molecular weight excluding hydrogens is 526 g/mol. The summed E-state index contributed by atoms with van der Waals surface area (Å²) in [4.78, 5) is 2.44. The molecule has 3 nitrogen and oxygen atoms in total. The first-order valence-corrected chi connectivity index (χ1v) is 19.5. The summed E-state index contributed by atoms with van der Waals surface area (Å²) in [6.45, 7) is 6.86. The molecule has 0 aliphatic carbocycles. The minimum atomic E-state index is -0.297. The van der Waals surface area contributed by atoms with E-state index in [4.69, 9.17) is 9.47 Å². The van der Waals surface area contributed by atoms with Gasteiger partial charge in [0, 0.05) is 25.9 Å². The monoisotopic (exact) mass is 602 g/mol. The molecule has 2 atom stereocenters. The minimum Gasteiger partial charge on any atom is -0.344 e. The highest BCUT2D eigenvalue weighted by Gasteiger charge is 2.47. The van der Waals surface area contributed by atoms with Gasteiger partial charge in [0.25, 0.3) is 0 Å². The summed E-state index contributed by atoms with van der Waals surface area (Å²) in [5.74, 6) is -0.297. The van der Waals surface area contributed by atoms with Crippen molar-refractivity contribution >= 4 is 0 Å². The van der Waals surface area contributed by atoms with Gasteiger partial charge in [-0.25, -0.2) is 0 Å². The zero-order chi connectivity index (χ0) is 30.7. The summed E-state index contributed by atoms with van der Waals surface area (Å²) in [6, 6.07) is 0. The first-order chi connectivity index (χ1) is 21.2. The van der Waals surface area contributed by atoms with Gasteiger partial charge in [-0.2, -0.15) is 0 Å². The van der Waals surface area contributed by atoms with Gasteiger partial charge in [0.1, 0.15) is 0 Å². The molecule has 2 fully saturated rings. The van der Waals surface area contributed by atoms with Crippen LogP contribution >= 0.6 is 0 Å². The van der Waals surface area contributed by atoms with Crippen molar-refractivity contribution in [1.82, 2.24) is 4.90 Å². The van der Waals surface area contributed by atoms with Gasteiger partial charge in [0.2, 0.25) is 0 Å². The Morgan fingerprint density at radius 1 is 0.488 bits per heavy atom. The molecule has 43 heavy (non-hydrogen) atoms. The second-order valence-corrected chi connectivity index (χ2v) is 14.1. The van der Waals surface area contributed by atoms with Crippen molar-refractivity contribution in [1.29, 1.82) is 0 Å². The molecule has 0 aromatic carbocycles. The average Bonchev–Trinajstić information content (AvgIpc) is 3.27. The summed E-state index contributed by atoms with van der Waals surface area (Å²) < 4.78 is 13.7. The number of rotatable bonds is 28. The van der Waals surface area contributed by atoms with Gasteiger partial charge in [-0.3, -0.25) is 0 Å². The number of hydrogen-bond donors (Lipinski definition) is 0. The molecular formula is C40H75NO2. The quantitative estimate of drug-likeness (QED) is 0.0657. The van der Waals surface area contributed by atoms with Crippen LogP contribution in [0.25, 0.3) is 0 Å². The van der Waals surface area contributed by atoms with E-state index < -0.39 is 0 Å². The lowest BCUT2D eigenvalue weighted by atomic mass is 9.98. The second kappa shape index (κ2) is 26.6. The Hall–Kier alpha value is -0.640. The molecule has 0 bridgehead atoms. The van der Waals surface area contributed by atoms with Gasteiger partial charge in [0.05, 0.1) is 12.2 Å². The standard InChI is InChI=1S/C40H75NO2/c1-4-6-8-10-12-14-16-18-20-22-24-26-28-30-34-40(42-38-32-36-41(3)37-33-39(38)43-40)35-31-29-27-25-23-21-19-17-15-13-11-9-7-5-2/h14-17,38-39H,4-13,18-37H2,1-3H3/t38-,39?,40?/m0/s1. The third-order valence-electron chi connectivity index (χ3n) is 9.88. The minimum absolute atomic E-state index is 0.297. The van der Waals surface area contributed by atoms with Gasteiger partial charge in [0.15, 0.2) is 5.79 Å². The highest BCUT2D eigenvalue weighted by atomic mass is 16.8. The number of likely N-dealkylation sites (tertiary alicyclic amines) is 1. The molecule has 0 radical (unpaired) electrons. The smallest absolute Gasteiger partial charge is 0.169 e. The summed E-state index contributed by atoms with van der Waals surface area (Å²) in [5.41, 5.74) is 0. The Morgan fingerprint density at radius 2 is 0.814 bits per heavy atom. The summed E-state index contributed by atoms with van der Waals surface area (Å²) in [6.07, 6.45) is 47.0. The molecule has 0 aromatic heterocycles. The Bertz CT molecular complexity index is 617. The Morgan fingerprint density at radius 3 is 1.19 bits per heavy atom. The van der Waals surface area contributed by atoms with Gasteiger partial charge >= 0.3 is 0 Å². The van der Waals surface area contributed by atoms with Crippen molar-refractivity contribution in [2.24, 2.45) is 0 Å². The van der Waals surface area contributed by atoms with Crippen LogP contribution in [0.2, 0.25) is 0 Å². The third kappa shape index (κ3) is 19.5. The fourth-order valence-electron chi connectivity index (χ4n) is 6.97. The average molecular weight is 602 g/mol. The second-order valence-electron chi connectivity index (χ2n) is 14.1. The van der Waals surface area contributed by atoms with Crippen molar-refractivity contribution in [3.05, 3.63) is 24.3 Å². The molecule has 2 aliphatic heterocycles. The van der Waals surface area contributed by atoms with Crippen LogP contribution in [0.1, 0.15) is 194 Å². The normalized spacial score (nSPS) is 23.0. The number of fused-ring (bicyclic) bond motifs is 1. The van der Waals surface area contributed by atoms with E-state index in [9.17, 15) is 0 Å². The highest BCUT2D eigenvalue weighted by molar-refractivity contribution is 4.89. The zero-order valence-corrected chi connectivity index (χ0v) is 29.4. The Labute approximate surface area is 270 Å². The molecule has 0 spiro atoms. The van der Waals surface area contributed by atoms with Gasteiger partial charge in [-0.15, -0.1) is 0 Å². The molecule has 0 N–H and O–H groups in total. The van der Waals surface area contributed by atoms with Crippen molar-refractivity contribution in [3.63, 3.8) is 0 Å². The fraction of sp³-hybridized carbons (Fsp3) is 0.900. The Balaban J connectivity index is 1.57. The predicted octanol–water partition coefficient (Wildman–Crippen LogP) is 12.5. The molecule has 0 aromatic rings. The van der Waals surface area contributed by atoms with Crippen LogP contribution in [0.5, 0.6) is 0 Å². The van der Waals surface area contributed by atoms with E-state index in [2.05, 4.69) is 50.1 Å². The van der Waals surface area contributed by atoms with Crippen LogP contribution in [-0.2, 0) is 9.47 Å². The van der Waals surface area contributed by atoms with E-state index in [0.717, 1.165) is 38.8 Å². The molecule has 2 rings (SSSR count). The molecule has 2 saturated heterocycles. The van der Waals surface area contributed by atoms with Crippen LogP contribution in [0.15, 0.2) is 24.3 Å². The lowest BCUT2D eigenvalue weighted by Gasteiger charge is -2.29. The number of hydrogen-bond acceptors (Lipinski definition) is 3. The van der Waals surface area contributed by atoms with Crippen LogP contribution in [-0.4, -0.2) is 43.0 Å². The number of allylic oxidation sites excluding steroid dienone is 4. The molecule has 2 aliphatic rings. The summed E-state index contributed by atoms with van der Waals surface area (Å²) in [5, 5.41) is 0. The number of unbranched alkanes of at least 4 members (excludes halogenated alkanes) is 20. The fourth-order valence-corrected chi connectivity index (χ4v) is 6.97. The first-order valence-electron chi connectivity index (χ1n) is 19.5. The maximum Gasteiger partial charge on any atom is 0.169 e. The molecule has 0 saturated carbocycles. The Kier molecular flexibility index (Phi) is 23.8. The SMILES string of the molecule is CCCCCCC=CCCCCCCCCC1(CCCCCCCCC=CCCCCCC)OC2CCN(C)CC[C@@H]2O1. The molecule has 2 heterocycles. The van der Waals surface area contributed by atoms with Crippen molar-refractivity contribution < 1.29 is 9.47 Å². The van der Waals surface area contributed by atoms with Crippen LogP contribution in [0.4, 0.5) is 0 Å². The van der Waals surface area contributed by atoms with E-state index in [1.54, 1.807) is 0 Å².